The maximum atomic E-state index is 12.8. The highest BCUT2D eigenvalue weighted by Gasteiger charge is 2.31. The van der Waals surface area contributed by atoms with Gasteiger partial charge < -0.3 is 4.74 Å². The average molecular weight is 279 g/mol. The number of rotatable bonds is 4. The van der Waals surface area contributed by atoms with Crippen molar-refractivity contribution in [3.63, 3.8) is 0 Å². The van der Waals surface area contributed by atoms with Crippen molar-refractivity contribution in [1.82, 2.24) is 4.90 Å². The Balaban J connectivity index is 1.88. The number of ether oxygens (including phenoxy) is 1. The molecule has 3 nitrogen and oxygen atoms in total. The molecule has 110 valence electrons. The summed E-state index contributed by atoms with van der Waals surface area (Å²) in [6, 6.07) is 5.74. The maximum absolute atomic E-state index is 12.8. The molecule has 1 aliphatic rings. The number of ketones is 1. The molecule has 1 aromatic rings. The van der Waals surface area contributed by atoms with Gasteiger partial charge in [-0.2, -0.15) is 0 Å². The van der Waals surface area contributed by atoms with Crippen molar-refractivity contribution in [3.8, 4) is 0 Å². The summed E-state index contributed by atoms with van der Waals surface area (Å²) in [5.41, 5.74) is 0.406. The minimum atomic E-state index is -0.315. The van der Waals surface area contributed by atoms with Crippen LogP contribution in [0.3, 0.4) is 0 Å². The number of Topliss-reactive ketones (excluding diaryl/α,β-unsaturated/α-hetero) is 1. The molecule has 0 aliphatic carbocycles. The second-order valence-electron chi connectivity index (χ2n) is 6.10. The van der Waals surface area contributed by atoms with Gasteiger partial charge in [-0.05, 0) is 45.0 Å². The normalized spacial score (nSPS) is 22.7. The summed E-state index contributed by atoms with van der Waals surface area (Å²) in [4.78, 5) is 14.3. The molecule has 1 saturated heterocycles. The lowest BCUT2D eigenvalue weighted by Crippen LogP contribution is -2.52. The molecule has 1 atom stereocenters. The first-order valence-corrected chi connectivity index (χ1v) is 7.05. The molecule has 1 unspecified atom stereocenters. The minimum absolute atomic E-state index is 0.0574. The lowest BCUT2D eigenvalue weighted by molar-refractivity contribution is -0.128. The number of nitrogens with zero attached hydrogens (tertiary/aromatic N) is 1. The number of halogens is 1. The first-order chi connectivity index (χ1) is 9.35. The van der Waals surface area contributed by atoms with E-state index in [1.54, 1.807) is 12.1 Å². The van der Waals surface area contributed by atoms with Crippen LogP contribution in [0.5, 0.6) is 0 Å². The van der Waals surface area contributed by atoms with Gasteiger partial charge in [0.25, 0.3) is 0 Å². The number of carbonyl (C=O) groups excluding carboxylic acids is 1. The summed E-state index contributed by atoms with van der Waals surface area (Å²) in [6.07, 6.45) is 0.633. The molecular weight excluding hydrogens is 257 g/mol. The zero-order valence-corrected chi connectivity index (χ0v) is 12.4. The van der Waals surface area contributed by atoms with E-state index in [1.807, 2.05) is 0 Å². The Morgan fingerprint density at radius 3 is 2.65 bits per heavy atom. The molecule has 0 aromatic heterocycles. The number of hydrogen-bond donors (Lipinski definition) is 0. The van der Waals surface area contributed by atoms with Gasteiger partial charge in [0.1, 0.15) is 5.82 Å². The van der Waals surface area contributed by atoms with Crippen molar-refractivity contribution in [2.75, 3.05) is 19.6 Å². The number of morpholine rings is 1. The van der Waals surface area contributed by atoms with Crippen LogP contribution in [-0.2, 0) is 4.74 Å². The van der Waals surface area contributed by atoms with Crippen molar-refractivity contribution in [2.24, 2.45) is 0 Å². The molecular formula is C16H22FNO2. The molecule has 0 bridgehead atoms. The van der Waals surface area contributed by atoms with E-state index >= 15 is 0 Å². The van der Waals surface area contributed by atoms with Crippen molar-refractivity contribution < 1.29 is 13.9 Å². The zero-order valence-electron chi connectivity index (χ0n) is 12.4. The first kappa shape index (κ1) is 15.1. The Kier molecular flexibility index (Phi) is 4.55. The van der Waals surface area contributed by atoms with Crippen LogP contribution in [0.4, 0.5) is 4.39 Å². The highest BCUT2D eigenvalue weighted by atomic mass is 19.1. The van der Waals surface area contributed by atoms with Gasteiger partial charge in [0, 0.05) is 31.6 Å². The zero-order chi connectivity index (χ0) is 14.8. The van der Waals surface area contributed by atoms with E-state index in [-0.39, 0.29) is 23.3 Å². The Labute approximate surface area is 119 Å². The third kappa shape index (κ3) is 4.12. The molecule has 0 saturated carbocycles. The molecule has 4 heteroatoms. The van der Waals surface area contributed by atoms with Gasteiger partial charge in [-0.3, -0.25) is 9.69 Å². The van der Waals surface area contributed by atoms with Gasteiger partial charge in [0.2, 0.25) is 0 Å². The van der Waals surface area contributed by atoms with Gasteiger partial charge in [0.15, 0.2) is 5.78 Å². The van der Waals surface area contributed by atoms with Crippen molar-refractivity contribution >= 4 is 5.78 Å². The fourth-order valence-corrected chi connectivity index (χ4v) is 2.80. The molecule has 1 fully saturated rings. The molecule has 1 aliphatic heterocycles. The maximum Gasteiger partial charge on any atom is 0.164 e. The Morgan fingerprint density at radius 2 is 2.05 bits per heavy atom. The lowest BCUT2D eigenvalue weighted by Gasteiger charge is -2.41. The number of hydrogen-bond acceptors (Lipinski definition) is 3. The SMILES string of the molecule is CC1CN(CCC(=O)c2ccc(F)cc2)CC(C)(C)O1. The van der Waals surface area contributed by atoms with E-state index in [1.165, 1.54) is 12.1 Å². The third-order valence-corrected chi connectivity index (χ3v) is 3.46. The van der Waals surface area contributed by atoms with Crippen LogP contribution in [0.1, 0.15) is 37.6 Å². The topological polar surface area (TPSA) is 29.5 Å². The molecule has 0 radical (unpaired) electrons. The second-order valence-corrected chi connectivity index (χ2v) is 6.10. The van der Waals surface area contributed by atoms with E-state index in [0.717, 1.165) is 13.1 Å². The predicted octanol–water partition coefficient (Wildman–Crippen LogP) is 2.90. The van der Waals surface area contributed by atoms with Gasteiger partial charge in [-0.15, -0.1) is 0 Å². The van der Waals surface area contributed by atoms with Crippen LogP contribution in [0.25, 0.3) is 0 Å². The second kappa shape index (κ2) is 6.02. The summed E-state index contributed by atoms with van der Waals surface area (Å²) < 4.78 is 18.7. The summed E-state index contributed by atoms with van der Waals surface area (Å²) in [5, 5.41) is 0. The summed E-state index contributed by atoms with van der Waals surface area (Å²) >= 11 is 0. The highest BCUT2D eigenvalue weighted by Crippen LogP contribution is 2.21. The van der Waals surface area contributed by atoms with Crippen LogP contribution in [0, 0.1) is 5.82 Å². The molecule has 20 heavy (non-hydrogen) atoms. The molecule has 0 spiro atoms. The number of benzene rings is 1. The molecule has 2 rings (SSSR count). The van der Waals surface area contributed by atoms with Crippen molar-refractivity contribution in [1.29, 1.82) is 0 Å². The lowest BCUT2D eigenvalue weighted by atomic mass is 10.0. The minimum Gasteiger partial charge on any atom is -0.370 e. The van der Waals surface area contributed by atoms with Gasteiger partial charge >= 0.3 is 0 Å². The van der Waals surface area contributed by atoms with Crippen molar-refractivity contribution in [3.05, 3.63) is 35.6 Å². The van der Waals surface area contributed by atoms with E-state index in [2.05, 4.69) is 25.7 Å². The predicted molar refractivity (Wildman–Crippen MR) is 76.4 cm³/mol. The standard InChI is InChI=1S/C16H22FNO2/c1-12-10-18(11-16(2,3)20-12)9-8-15(19)13-4-6-14(17)7-5-13/h4-7,12H,8-11H2,1-3H3. The summed E-state index contributed by atoms with van der Waals surface area (Å²) in [7, 11) is 0. The number of carbonyl (C=O) groups is 1. The van der Waals surface area contributed by atoms with Gasteiger partial charge in [-0.1, -0.05) is 0 Å². The van der Waals surface area contributed by atoms with Crippen LogP contribution in [-0.4, -0.2) is 42.0 Å². The van der Waals surface area contributed by atoms with Crippen molar-refractivity contribution in [2.45, 2.75) is 38.9 Å². The Bertz CT molecular complexity index is 470. The Hall–Kier alpha value is -1.26. The van der Waals surface area contributed by atoms with Gasteiger partial charge in [0.05, 0.1) is 11.7 Å². The largest absolute Gasteiger partial charge is 0.370 e. The average Bonchev–Trinajstić information content (AvgIpc) is 2.34. The quantitative estimate of drug-likeness (QED) is 0.794. The monoisotopic (exact) mass is 279 g/mol. The Morgan fingerprint density at radius 1 is 1.40 bits per heavy atom. The first-order valence-electron chi connectivity index (χ1n) is 7.05. The fraction of sp³-hybridized carbons (Fsp3) is 0.562. The van der Waals surface area contributed by atoms with Crippen LogP contribution >= 0.6 is 0 Å². The molecule has 1 heterocycles. The highest BCUT2D eigenvalue weighted by molar-refractivity contribution is 5.96. The van der Waals surface area contributed by atoms with E-state index in [4.69, 9.17) is 4.74 Å². The van der Waals surface area contributed by atoms with E-state index in [9.17, 15) is 9.18 Å². The molecule has 1 aromatic carbocycles. The summed E-state index contributed by atoms with van der Waals surface area (Å²) in [6.45, 7) is 8.58. The molecule has 0 amide bonds. The van der Waals surface area contributed by atoms with E-state index < -0.39 is 0 Å². The summed E-state index contributed by atoms with van der Waals surface area (Å²) in [5.74, 6) is -0.257. The smallest absolute Gasteiger partial charge is 0.164 e. The third-order valence-electron chi connectivity index (χ3n) is 3.46. The molecule has 0 N–H and O–H groups in total. The fourth-order valence-electron chi connectivity index (χ4n) is 2.80. The van der Waals surface area contributed by atoms with E-state index in [0.29, 0.717) is 18.5 Å². The van der Waals surface area contributed by atoms with Gasteiger partial charge in [-0.25, -0.2) is 4.39 Å². The van der Waals surface area contributed by atoms with Crippen LogP contribution in [0.15, 0.2) is 24.3 Å². The van der Waals surface area contributed by atoms with Crippen LogP contribution in [0.2, 0.25) is 0 Å². The van der Waals surface area contributed by atoms with Crippen LogP contribution < -0.4 is 0 Å².